The summed E-state index contributed by atoms with van der Waals surface area (Å²) in [7, 11) is 0. The SMILES string of the molecule is CCOc1ccc(-c2nc(CC(=O)NCC(C)(C)C(=O)O)cs2)cc1. The number of thiazole rings is 1. The molecule has 0 fully saturated rings. The molecule has 6 nitrogen and oxygen atoms in total. The van der Waals surface area contributed by atoms with Crippen LogP contribution >= 0.6 is 11.3 Å². The van der Waals surface area contributed by atoms with Crippen LogP contribution in [0.5, 0.6) is 5.75 Å². The third-order valence-electron chi connectivity index (χ3n) is 3.61. The number of nitrogens with zero attached hydrogens (tertiary/aromatic N) is 1. The van der Waals surface area contributed by atoms with Crippen LogP contribution in [-0.4, -0.2) is 35.1 Å². The van der Waals surface area contributed by atoms with Gasteiger partial charge in [-0.15, -0.1) is 11.3 Å². The first-order valence-electron chi connectivity index (χ1n) is 7.99. The highest BCUT2D eigenvalue weighted by Gasteiger charge is 2.27. The molecule has 0 bridgehead atoms. The minimum atomic E-state index is -0.995. The molecule has 1 aromatic heterocycles. The van der Waals surface area contributed by atoms with E-state index in [0.29, 0.717) is 12.3 Å². The third-order valence-corrected chi connectivity index (χ3v) is 4.55. The fraction of sp³-hybridized carbons (Fsp3) is 0.389. The first-order valence-corrected chi connectivity index (χ1v) is 8.87. The summed E-state index contributed by atoms with van der Waals surface area (Å²) in [6.07, 6.45) is 0.128. The normalized spacial score (nSPS) is 11.2. The number of aromatic nitrogens is 1. The molecule has 0 radical (unpaired) electrons. The molecule has 0 unspecified atom stereocenters. The Morgan fingerprint density at radius 2 is 1.96 bits per heavy atom. The summed E-state index contributed by atoms with van der Waals surface area (Å²) >= 11 is 1.47. The summed E-state index contributed by atoms with van der Waals surface area (Å²) in [6.45, 7) is 5.78. The predicted octanol–water partition coefficient (Wildman–Crippen LogP) is 2.98. The van der Waals surface area contributed by atoms with E-state index in [9.17, 15) is 9.59 Å². The van der Waals surface area contributed by atoms with Gasteiger partial charge in [-0.3, -0.25) is 9.59 Å². The van der Waals surface area contributed by atoms with Gasteiger partial charge in [-0.25, -0.2) is 4.98 Å². The van der Waals surface area contributed by atoms with E-state index in [1.807, 2.05) is 36.6 Å². The molecule has 0 saturated heterocycles. The Morgan fingerprint density at radius 3 is 2.56 bits per heavy atom. The number of carbonyl (C=O) groups is 2. The van der Waals surface area contributed by atoms with Gasteiger partial charge in [-0.05, 0) is 45.0 Å². The van der Waals surface area contributed by atoms with Crippen molar-refractivity contribution in [2.45, 2.75) is 27.2 Å². The number of carbonyl (C=O) groups excluding carboxylic acids is 1. The van der Waals surface area contributed by atoms with Crippen molar-refractivity contribution in [1.82, 2.24) is 10.3 Å². The zero-order chi connectivity index (χ0) is 18.4. The summed E-state index contributed by atoms with van der Waals surface area (Å²) in [5.41, 5.74) is 0.636. The number of benzene rings is 1. The van der Waals surface area contributed by atoms with E-state index in [1.54, 1.807) is 13.8 Å². The highest BCUT2D eigenvalue weighted by Crippen LogP contribution is 2.26. The van der Waals surface area contributed by atoms with Crippen molar-refractivity contribution >= 4 is 23.2 Å². The Hall–Kier alpha value is -2.41. The van der Waals surface area contributed by atoms with Crippen molar-refractivity contribution in [1.29, 1.82) is 0 Å². The van der Waals surface area contributed by atoms with E-state index in [-0.39, 0.29) is 18.9 Å². The van der Waals surface area contributed by atoms with Gasteiger partial charge in [0.1, 0.15) is 10.8 Å². The first-order chi connectivity index (χ1) is 11.8. The van der Waals surface area contributed by atoms with E-state index in [2.05, 4.69) is 10.3 Å². The maximum absolute atomic E-state index is 12.0. The monoisotopic (exact) mass is 362 g/mol. The molecule has 1 amide bonds. The van der Waals surface area contributed by atoms with Gasteiger partial charge in [0.2, 0.25) is 5.91 Å². The average molecular weight is 362 g/mol. The van der Waals surface area contributed by atoms with Crippen LogP contribution in [0.2, 0.25) is 0 Å². The molecule has 1 aromatic carbocycles. The van der Waals surface area contributed by atoms with Gasteiger partial charge in [0.05, 0.1) is 24.1 Å². The summed E-state index contributed by atoms with van der Waals surface area (Å²) in [5, 5.41) is 14.4. The van der Waals surface area contributed by atoms with Gasteiger partial charge < -0.3 is 15.2 Å². The Morgan fingerprint density at radius 1 is 1.28 bits per heavy atom. The van der Waals surface area contributed by atoms with Crippen molar-refractivity contribution in [3.05, 3.63) is 35.3 Å². The summed E-state index contributed by atoms with van der Waals surface area (Å²) in [4.78, 5) is 27.5. The predicted molar refractivity (Wildman–Crippen MR) is 96.8 cm³/mol. The van der Waals surface area contributed by atoms with Crippen molar-refractivity contribution in [2.24, 2.45) is 5.41 Å². The van der Waals surface area contributed by atoms with E-state index < -0.39 is 11.4 Å². The van der Waals surface area contributed by atoms with Crippen molar-refractivity contribution in [2.75, 3.05) is 13.2 Å². The van der Waals surface area contributed by atoms with Gasteiger partial charge >= 0.3 is 5.97 Å². The second-order valence-electron chi connectivity index (χ2n) is 6.24. The third kappa shape index (κ3) is 5.29. The summed E-state index contributed by atoms with van der Waals surface area (Å²) < 4.78 is 5.41. The Bertz CT molecular complexity index is 738. The Balaban J connectivity index is 1.94. The van der Waals surface area contributed by atoms with E-state index >= 15 is 0 Å². The molecule has 25 heavy (non-hydrogen) atoms. The zero-order valence-electron chi connectivity index (χ0n) is 14.5. The van der Waals surface area contributed by atoms with Crippen LogP contribution in [0.25, 0.3) is 10.6 Å². The molecule has 2 N–H and O–H groups in total. The lowest BCUT2D eigenvalue weighted by Crippen LogP contribution is -2.39. The average Bonchev–Trinajstić information content (AvgIpc) is 3.02. The molecule has 0 aliphatic rings. The standard InChI is InChI=1S/C18H22N2O4S/c1-4-24-14-7-5-12(6-8-14)16-20-13(10-25-16)9-15(21)19-11-18(2,3)17(22)23/h5-8,10H,4,9,11H2,1-3H3,(H,19,21)(H,22,23). The lowest BCUT2D eigenvalue weighted by Gasteiger charge is -2.19. The molecule has 0 aliphatic heterocycles. The van der Waals surface area contributed by atoms with Gasteiger partial charge in [0.25, 0.3) is 0 Å². The molecule has 1 heterocycles. The molecule has 2 aromatic rings. The molecule has 134 valence electrons. The van der Waals surface area contributed by atoms with Crippen LogP contribution < -0.4 is 10.1 Å². The van der Waals surface area contributed by atoms with Crippen LogP contribution in [-0.2, 0) is 16.0 Å². The van der Waals surface area contributed by atoms with E-state index in [4.69, 9.17) is 9.84 Å². The highest BCUT2D eigenvalue weighted by atomic mass is 32.1. The summed E-state index contributed by atoms with van der Waals surface area (Å²) in [5.74, 6) is -0.374. The highest BCUT2D eigenvalue weighted by molar-refractivity contribution is 7.13. The lowest BCUT2D eigenvalue weighted by atomic mass is 9.94. The molecule has 7 heteroatoms. The van der Waals surface area contributed by atoms with E-state index in [1.165, 1.54) is 11.3 Å². The van der Waals surface area contributed by atoms with Crippen LogP contribution in [0.4, 0.5) is 0 Å². The second-order valence-corrected chi connectivity index (χ2v) is 7.10. The topological polar surface area (TPSA) is 88.5 Å². The number of carboxylic acid groups (broad SMARTS) is 1. The molecular formula is C18H22N2O4S. The van der Waals surface area contributed by atoms with E-state index in [0.717, 1.165) is 16.3 Å². The van der Waals surface area contributed by atoms with Crippen LogP contribution in [0.15, 0.2) is 29.6 Å². The molecule has 2 rings (SSSR count). The van der Waals surface area contributed by atoms with Gasteiger partial charge in [0.15, 0.2) is 0 Å². The molecule has 0 atom stereocenters. The van der Waals surface area contributed by atoms with Gasteiger partial charge in [-0.1, -0.05) is 0 Å². The smallest absolute Gasteiger partial charge is 0.310 e. The van der Waals surface area contributed by atoms with Crippen molar-refractivity contribution in [3.8, 4) is 16.3 Å². The number of hydrogen-bond donors (Lipinski definition) is 2. The Labute approximate surface area is 150 Å². The van der Waals surface area contributed by atoms with Crippen LogP contribution in [0, 0.1) is 5.41 Å². The van der Waals surface area contributed by atoms with Crippen molar-refractivity contribution in [3.63, 3.8) is 0 Å². The van der Waals surface area contributed by atoms with Crippen LogP contribution in [0.1, 0.15) is 26.5 Å². The number of rotatable bonds is 8. The minimum absolute atomic E-state index is 0.0804. The molecule has 0 spiro atoms. The number of amides is 1. The lowest BCUT2D eigenvalue weighted by molar-refractivity contribution is -0.146. The van der Waals surface area contributed by atoms with Crippen molar-refractivity contribution < 1.29 is 19.4 Å². The zero-order valence-corrected chi connectivity index (χ0v) is 15.4. The number of ether oxygens (including phenoxy) is 1. The maximum atomic E-state index is 12.0. The molecule has 0 aliphatic carbocycles. The van der Waals surface area contributed by atoms with Crippen LogP contribution in [0.3, 0.4) is 0 Å². The Kier molecular flexibility index (Phi) is 6.14. The number of carboxylic acids is 1. The quantitative estimate of drug-likeness (QED) is 0.754. The minimum Gasteiger partial charge on any atom is -0.494 e. The second kappa shape index (κ2) is 8.11. The number of hydrogen-bond acceptors (Lipinski definition) is 5. The van der Waals surface area contributed by atoms with Gasteiger partial charge in [-0.2, -0.15) is 0 Å². The first kappa shape index (κ1) is 18.9. The van der Waals surface area contributed by atoms with Gasteiger partial charge in [0, 0.05) is 17.5 Å². The molecular weight excluding hydrogens is 340 g/mol. The largest absolute Gasteiger partial charge is 0.494 e. The maximum Gasteiger partial charge on any atom is 0.310 e. The fourth-order valence-corrected chi connectivity index (χ4v) is 2.83. The number of nitrogens with one attached hydrogen (secondary N) is 1. The fourth-order valence-electron chi connectivity index (χ4n) is 2.00. The molecule has 0 saturated carbocycles. The number of aliphatic carboxylic acids is 1. The summed E-state index contributed by atoms with van der Waals surface area (Å²) in [6, 6.07) is 7.65.